The average Bonchev–Trinajstić information content (AvgIpc) is 2.99. The highest BCUT2D eigenvalue weighted by Crippen LogP contribution is 2.30. The average molecular weight is 470 g/mol. The minimum Gasteiger partial charge on any atom is -0.296 e. The molecule has 0 radical (unpaired) electrons. The molecule has 1 aromatic heterocycles. The van der Waals surface area contributed by atoms with E-state index in [4.69, 9.17) is 23.2 Å². The van der Waals surface area contributed by atoms with Gasteiger partial charge in [-0.05, 0) is 40.2 Å². The molecule has 1 aliphatic rings. The third kappa shape index (κ3) is 3.98. The number of halogens is 3. The molecule has 2 aromatic rings. The Morgan fingerprint density at radius 3 is 2.21 bits per heavy atom. The number of hydrogen-bond acceptors (Lipinski definition) is 4. The zero-order valence-electron chi connectivity index (χ0n) is 12.6. The maximum Gasteiger partial charge on any atom is 0.252 e. The first kappa shape index (κ1) is 18.6. The summed E-state index contributed by atoms with van der Waals surface area (Å²) >= 11 is 17.0. The molecule has 0 spiro atoms. The van der Waals surface area contributed by atoms with Crippen molar-refractivity contribution < 1.29 is 8.42 Å². The van der Waals surface area contributed by atoms with Gasteiger partial charge in [-0.15, -0.1) is 11.3 Å². The molecule has 0 N–H and O–H groups in total. The summed E-state index contributed by atoms with van der Waals surface area (Å²) in [7, 11) is -3.41. The first-order valence-corrected chi connectivity index (χ1v) is 11.1. The highest BCUT2D eigenvalue weighted by atomic mass is 79.9. The fourth-order valence-electron chi connectivity index (χ4n) is 2.60. The van der Waals surface area contributed by atoms with Crippen LogP contribution < -0.4 is 0 Å². The molecule has 4 nitrogen and oxygen atoms in total. The fraction of sp³-hybridized carbons (Fsp3) is 0.333. The quantitative estimate of drug-likeness (QED) is 0.669. The molecular weight excluding hydrogens is 455 g/mol. The molecule has 0 unspecified atom stereocenters. The minimum atomic E-state index is -3.41. The number of rotatable bonds is 4. The number of nitrogens with zero attached hydrogens (tertiary/aromatic N) is 2. The van der Waals surface area contributed by atoms with Gasteiger partial charge >= 0.3 is 0 Å². The Kier molecular flexibility index (Phi) is 5.91. The Hall–Kier alpha value is -0.150. The van der Waals surface area contributed by atoms with E-state index in [2.05, 4.69) is 20.8 Å². The molecule has 9 heteroatoms. The molecule has 1 aromatic carbocycles. The summed E-state index contributed by atoms with van der Waals surface area (Å²) in [6.07, 6.45) is 0. The SMILES string of the molecule is O=S(=O)(c1ccc(Br)s1)N1CCN(Cc2c(Cl)cccc2Cl)CC1. The normalized spacial score (nSPS) is 17.3. The molecule has 2 heterocycles. The van der Waals surface area contributed by atoms with Crippen molar-refractivity contribution in [2.24, 2.45) is 0 Å². The van der Waals surface area contributed by atoms with Gasteiger partial charge in [0.1, 0.15) is 4.21 Å². The van der Waals surface area contributed by atoms with Gasteiger partial charge in [0, 0.05) is 48.3 Å². The Morgan fingerprint density at radius 1 is 1.04 bits per heavy atom. The van der Waals surface area contributed by atoms with Crippen LogP contribution in [0.1, 0.15) is 5.56 Å². The van der Waals surface area contributed by atoms with Crippen molar-refractivity contribution in [3.05, 3.63) is 49.7 Å². The van der Waals surface area contributed by atoms with Crippen molar-refractivity contribution >= 4 is 60.5 Å². The molecule has 0 bridgehead atoms. The fourth-order valence-corrected chi connectivity index (χ4v) is 6.70. The molecular formula is C15H15BrCl2N2O2S2. The zero-order chi connectivity index (χ0) is 17.3. The van der Waals surface area contributed by atoms with Gasteiger partial charge in [-0.25, -0.2) is 8.42 Å². The smallest absolute Gasteiger partial charge is 0.252 e. The van der Waals surface area contributed by atoms with Gasteiger partial charge in [0.15, 0.2) is 0 Å². The maximum atomic E-state index is 12.6. The van der Waals surface area contributed by atoms with Gasteiger partial charge < -0.3 is 0 Å². The summed E-state index contributed by atoms with van der Waals surface area (Å²) in [6, 6.07) is 8.85. The predicted octanol–water partition coefficient (Wildman–Crippen LogP) is 4.32. The second-order valence-electron chi connectivity index (χ2n) is 5.44. The van der Waals surface area contributed by atoms with Gasteiger partial charge in [0.05, 0.1) is 3.79 Å². The van der Waals surface area contributed by atoms with E-state index in [1.165, 1.54) is 15.6 Å². The number of hydrogen-bond donors (Lipinski definition) is 0. The second kappa shape index (κ2) is 7.61. The van der Waals surface area contributed by atoms with Gasteiger partial charge in [-0.1, -0.05) is 29.3 Å². The Morgan fingerprint density at radius 2 is 1.67 bits per heavy atom. The molecule has 1 saturated heterocycles. The van der Waals surface area contributed by atoms with Gasteiger partial charge in [0.25, 0.3) is 10.0 Å². The van der Waals surface area contributed by atoms with Crippen LogP contribution in [0.5, 0.6) is 0 Å². The van der Waals surface area contributed by atoms with E-state index in [-0.39, 0.29) is 0 Å². The molecule has 1 aliphatic heterocycles. The Balaban J connectivity index is 1.66. The van der Waals surface area contributed by atoms with Gasteiger partial charge in [0.2, 0.25) is 0 Å². The highest BCUT2D eigenvalue weighted by Gasteiger charge is 2.29. The van der Waals surface area contributed by atoms with Crippen LogP contribution in [-0.2, 0) is 16.6 Å². The summed E-state index contributed by atoms with van der Waals surface area (Å²) < 4.78 is 28.0. The molecule has 0 saturated carbocycles. The zero-order valence-corrected chi connectivity index (χ0v) is 17.3. The van der Waals surface area contributed by atoms with E-state index in [0.717, 1.165) is 9.35 Å². The first-order valence-electron chi connectivity index (χ1n) is 7.28. The summed E-state index contributed by atoms with van der Waals surface area (Å²) in [5.41, 5.74) is 0.888. The van der Waals surface area contributed by atoms with Crippen LogP contribution >= 0.6 is 50.5 Å². The van der Waals surface area contributed by atoms with E-state index in [1.807, 2.05) is 18.2 Å². The van der Waals surface area contributed by atoms with Crippen LogP contribution in [0.3, 0.4) is 0 Å². The lowest BCUT2D eigenvalue weighted by Crippen LogP contribution is -2.48. The van der Waals surface area contributed by atoms with Crippen LogP contribution in [0.2, 0.25) is 10.0 Å². The van der Waals surface area contributed by atoms with Crippen molar-refractivity contribution in [1.82, 2.24) is 9.21 Å². The lowest BCUT2D eigenvalue weighted by Gasteiger charge is -2.34. The van der Waals surface area contributed by atoms with E-state index in [1.54, 1.807) is 12.1 Å². The largest absolute Gasteiger partial charge is 0.296 e. The van der Waals surface area contributed by atoms with Crippen molar-refractivity contribution in [1.29, 1.82) is 0 Å². The summed E-state index contributed by atoms with van der Waals surface area (Å²) in [6.45, 7) is 2.83. The molecule has 0 amide bonds. The Bertz CT molecular complexity index is 813. The lowest BCUT2D eigenvalue weighted by atomic mass is 10.2. The van der Waals surface area contributed by atoms with Gasteiger partial charge in [-0.2, -0.15) is 4.31 Å². The highest BCUT2D eigenvalue weighted by molar-refractivity contribution is 9.11. The molecule has 1 fully saturated rings. The molecule has 24 heavy (non-hydrogen) atoms. The minimum absolute atomic E-state index is 0.372. The van der Waals surface area contributed by atoms with E-state index >= 15 is 0 Å². The molecule has 130 valence electrons. The van der Waals surface area contributed by atoms with E-state index in [0.29, 0.717) is 47.0 Å². The molecule has 3 rings (SSSR count). The first-order chi connectivity index (χ1) is 11.4. The van der Waals surface area contributed by atoms with Gasteiger partial charge in [-0.3, -0.25) is 4.90 Å². The standard InChI is InChI=1S/C15H15BrCl2N2O2S2/c16-14-4-5-15(23-14)24(21,22)20-8-6-19(7-9-20)10-11-12(17)2-1-3-13(11)18/h1-5H,6-10H2. The van der Waals surface area contributed by atoms with Crippen LogP contribution in [0.25, 0.3) is 0 Å². The van der Waals surface area contributed by atoms with Crippen LogP contribution in [0.4, 0.5) is 0 Å². The topological polar surface area (TPSA) is 40.6 Å². The number of thiophene rings is 1. The van der Waals surface area contributed by atoms with Crippen molar-refractivity contribution in [3.63, 3.8) is 0 Å². The van der Waals surface area contributed by atoms with Crippen molar-refractivity contribution in [3.8, 4) is 0 Å². The molecule has 0 atom stereocenters. The second-order valence-corrected chi connectivity index (χ2v) is 10.9. The Labute approximate surface area is 164 Å². The van der Waals surface area contributed by atoms with Crippen molar-refractivity contribution in [2.75, 3.05) is 26.2 Å². The lowest BCUT2D eigenvalue weighted by molar-refractivity contribution is 0.182. The monoisotopic (exact) mass is 468 g/mol. The predicted molar refractivity (Wildman–Crippen MR) is 103 cm³/mol. The van der Waals surface area contributed by atoms with Crippen LogP contribution in [0, 0.1) is 0 Å². The number of sulfonamides is 1. The number of benzene rings is 1. The van der Waals surface area contributed by atoms with E-state index in [9.17, 15) is 8.42 Å². The van der Waals surface area contributed by atoms with Crippen LogP contribution in [0.15, 0.2) is 38.3 Å². The third-order valence-corrected chi connectivity index (χ3v) is 8.62. The summed E-state index contributed by atoms with van der Waals surface area (Å²) in [5.74, 6) is 0. The van der Waals surface area contributed by atoms with Crippen molar-refractivity contribution in [2.45, 2.75) is 10.8 Å². The molecule has 0 aliphatic carbocycles. The number of piperazine rings is 1. The third-order valence-electron chi connectivity index (χ3n) is 3.92. The maximum absolute atomic E-state index is 12.6. The summed E-state index contributed by atoms with van der Waals surface area (Å²) in [5, 5.41) is 1.28. The van der Waals surface area contributed by atoms with Crippen LogP contribution in [-0.4, -0.2) is 43.8 Å². The van der Waals surface area contributed by atoms with E-state index < -0.39 is 10.0 Å². The summed E-state index contributed by atoms with van der Waals surface area (Å²) in [4.78, 5) is 2.17.